The molecule has 25 heteroatoms. The first-order valence-corrected chi connectivity index (χ1v) is 25.4. The molecule has 4 fully saturated rings. The number of ether oxygens (including phenoxy) is 8. The first-order chi connectivity index (χ1) is 35.4. The monoisotopic (exact) mass is 1060 g/mol. The number of carbonyl (C=O) groups excluding carboxylic acids is 4. The predicted molar refractivity (Wildman–Crippen MR) is 256 cm³/mol. The van der Waals surface area contributed by atoms with Crippen LogP contribution < -0.4 is 26.0 Å². The van der Waals surface area contributed by atoms with E-state index in [9.17, 15) is 65.1 Å². The van der Waals surface area contributed by atoms with Crippen LogP contribution in [0.3, 0.4) is 0 Å². The largest absolute Gasteiger partial charge is 0.494 e. The highest BCUT2D eigenvalue weighted by molar-refractivity contribution is 5.94. The van der Waals surface area contributed by atoms with Gasteiger partial charge in [-0.15, -0.1) is 0 Å². The molecule has 4 heterocycles. The number of nitrogens with one attached hydrogen (secondary N) is 4. The Morgan fingerprint density at radius 1 is 0.554 bits per heavy atom. The summed E-state index contributed by atoms with van der Waals surface area (Å²) >= 11 is 0. The van der Waals surface area contributed by atoms with Crippen molar-refractivity contribution in [1.29, 1.82) is 0 Å². The molecule has 74 heavy (non-hydrogen) atoms. The molecule has 4 amide bonds. The van der Waals surface area contributed by atoms with Gasteiger partial charge in [-0.25, -0.2) is 0 Å². The lowest BCUT2D eigenvalue weighted by Gasteiger charge is -2.51. The summed E-state index contributed by atoms with van der Waals surface area (Å²) in [4.78, 5) is 51.0. The highest BCUT2D eigenvalue weighted by Gasteiger charge is 2.56. The third kappa shape index (κ3) is 16.0. The van der Waals surface area contributed by atoms with E-state index in [1.807, 2.05) is 0 Å². The zero-order valence-electron chi connectivity index (χ0n) is 42.4. The molecule has 4 aliphatic rings. The van der Waals surface area contributed by atoms with Crippen molar-refractivity contribution in [1.82, 2.24) is 21.3 Å². The van der Waals surface area contributed by atoms with Gasteiger partial charge in [0.15, 0.2) is 25.2 Å². The molecular formula is C49H78N4O21. The minimum Gasteiger partial charge on any atom is -0.494 e. The van der Waals surface area contributed by atoms with E-state index in [-0.39, 0.29) is 12.0 Å². The first kappa shape index (κ1) is 60.9. The highest BCUT2D eigenvalue weighted by atomic mass is 16.8. The van der Waals surface area contributed by atoms with Crippen LogP contribution in [0.4, 0.5) is 0 Å². The number of aliphatic hydroxyl groups is 9. The Hall–Kier alpha value is -4.00. The SMILES string of the molecule is CCCCCC/C=C\CCCOc1cccc(C(=O)NC2[C@H](O[C@H]3C(O)C(NC(C)=O)[C@H](O[C@@H]4C(CO)O[C@@H](O[C@H]5C(O)C(NC(C)=O)C(O)O[C@H]5CC)C(NC(C)=O)[C@H]4O)O[C@H]3CO)OC(CO)[C@@H](O)[C@@H]2O)c1. The minimum atomic E-state index is -1.91. The number of hydrogen-bond donors (Lipinski definition) is 13. The molecule has 0 saturated carbocycles. The van der Waals surface area contributed by atoms with E-state index < -0.39 is 166 Å². The van der Waals surface area contributed by atoms with E-state index in [1.54, 1.807) is 19.1 Å². The number of rotatable bonds is 25. The third-order valence-corrected chi connectivity index (χ3v) is 13.2. The number of carbonyl (C=O) groups is 4. The van der Waals surface area contributed by atoms with Gasteiger partial charge in [0.25, 0.3) is 5.91 Å². The van der Waals surface area contributed by atoms with Gasteiger partial charge in [0.2, 0.25) is 17.7 Å². The second-order valence-corrected chi connectivity index (χ2v) is 18.9. The fourth-order valence-corrected chi connectivity index (χ4v) is 9.40. The zero-order chi connectivity index (χ0) is 54.2. The van der Waals surface area contributed by atoms with Crippen molar-refractivity contribution in [2.24, 2.45) is 0 Å². The maximum absolute atomic E-state index is 13.8. The maximum Gasteiger partial charge on any atom is 0.251 e. The maximum atomic E-state index is 13.8. The Morgan fingerprint density at radius 2 is 1.03 bits per heavy atom. The lowest BCUT2D eigenvalue weighted by molar-refractivity contribution is -0.361. The molecule has 0 bridgehead atoms. The van der Waals surface area contributed by atoms with Crippen LogP contribution >= 0.6 is 0 Å². The van der Waals surface area contributed by atoms with E-state index in [0.717, 1.165) is 46.5 Å². The second-order valence-electron chi connectivity index (χ2n) is 18.9. The molecule has 4 saturated heterocycles. The average molecular weight is 1060 g/mol. The molecule has 20 atom stereocenters. The number of allylic oxidation sites excluding steroid dienone is 2. The lowest BCUT2D eigenvalue weighted by Crippen LogP contribution is -2.71. The smallest absolute Gasteiger partial charge is 0.251 e. The molecule has 13 N–H and O–H groups in total. The molecule has 4 aliphatic heterocycles. The van der Waals surface area contributed by atoms with Crippen LogP contribution in [0, 0.1) is 0 Å². The Kier molecular flexibility index (Phi) is 24.3. The number of unbranched alkanes of at least 4 members (excludes halogenated alkanes) is 5. The van der Waals surface area contributed by atoms with Crippen LogP contribution in [-0.4, -0.2) is 219 Å². The summed E-state index contributed by atoms with van der Waals surface area (Å²) in [5.41, 5.74) is 0.0917. The first-order valence-electron chi connectivity index (χ1n) is 25.4. The average Bonchev–Trinajstić information content (AvgIpc) is 3.36. The number of benzene rings is 1. The van der Waals surface area contributed by atoms with Crippen LogP contribution in [-0.2, 0) is 47.5 Å². The third-order valence-electron chi connectivity index (χ3n) is 13.2. The summed E-state index contributed by atoms with van der Waals surface area (Å²) in [5, 5.41) is 109. The fraction of sp³-hybridized carbons (Fsp3) is 0.755. The summed E-state index contributed by atoms with van der Waals surface area (Å²) in [6.45, 7) is 4.93. The molecule has 0 spiro atoms. The van der Waals surface area contributed by atoms with E-state index in [2.05, 4.69) is 40.3 Å². The summed E-state index contributed by atoms with van der Waals surface area (Å²) in [7, 11) is 0. The second kappa shape index (κ2) is 29.5. The number of amides is 4. The molecule has 0 radical (unpaired) electrons. The summed E-state index contributed by atoms with van der Waals surface area (Å²) in [6.07, 6.45) is -14.4. The van der Waals surface area contributed by atoms with E-state index in [1.165, 1.54) is 31.4 Å². The molecule has 5 rings (SSSR count). The van der Waals surface area contributed by atoms with Crippen LogP contribution in [0.1, 0.15) is 96.3 Å². The number of aliphatic hydroxyl groups excluding tert-OH is 9. The molecule has 0 aromatic heterocycles. The Labute approximate surface area is 429 Å². The summed E-state index contributed by atoms with van der Waals surface area (Å²) < 4.78 is 48.0. The number of hydrogen-bond acceptors (Lipinski definition) is 21. The van der Waals surface area contributed by atoms with Gasteiger partial charge in [0, 0.05) is 26.3 Å². The van der Waals surface area contributed by atoms with Gasteiger partial charge in [-0.2, -0.15) is 0 Å². The van der Waals surface area contributed by atoms with E-state index in [4.69, 9.17) is 37.9 Å². The Bertz CT molecular complexity index is 1950. The Morgan fingerprint density at radius 3 is 1.53 bits per heavy atom. The minimum absolute atomic E-state index is 0.0917. The van der Waals surface area contributed by atoms with Crippen LogP contribution in [0.2, 0.25) is 0 Å². The molecule has 0 aliphatic carbocycles. The van der Waals surface area contributed by atoms with Gasteiger partial charge in [-0.3, -0.25) is 19.2 Å². The zero-order valence-corrected chi connectivity index (χ0v) is 42.4. The molecular weight excluding hydrogens is 981 g/mol. The summed E-state index contributed by atoms with van der Waals surface area (Å²) in [6, 6.07) is 0.0772. The van der Waals surface area contributed by atoms with Gasteiger partial charge in [-0.1, -0.05) is 51.3 Å². The quantitative estimate of drug-likeness (QED) is 0.0348. The molecule has 1 aromatic rings. The van der Waals surface area contributed by atoms with Crippen molar-refractivity contribution < 1.29 is 103 Å². The predicted octanol–water partition coefficient (Wildman–Crippen LogP) is -2.78. The van der Waals surface area contributed by atoms with Crippen LogP contribution in [0.5, 0.6) is 5.75 Å². The van der Waals surface area contributed by atoms with Crippen molar-refractivity contribution in [3.63, 3.8) is 0 Å². The normalized spacial score (nSPS) is 36.5. The van der Waals surface area contributed by atoms with Crippen molar-refractivity contribution in [2.75, 3.05) is 26.4 Å². The van der Waals surface area contributed by atoms with Crippen molar-refractivity contribution in [2.45, 2.75) is 209 Å². The highest BCUT2D eigenvalue weighted by Crippen LogP contribution is 2.35. The van der Waals surface area contributed by atoms with Crippen molar-refractivity contribution in [3.8, 4) is 5.75 Å². The Balaban J connectivity index is 1.32. The van der Waals surface area contributed by atoms with Crippen molar-refractivity contribution in [3.05, 3.63) is 42.0 Å². The van der Waals surface area contributed by atoms with Crippen molar-refractivity contribution >= 4 is 23.6 Å². The van der Waals surface area contributed by atoms with Gasteiger partial charge in [0.1, 0.15) is 97.1 Å². The lowest BCUT2D eigenvalue weighted by atomic mass is 9.92. The van der Waals surface area contributed by atoms with Crippen LogP contribution in [0.25, 0.3) is 0 Å². The van der Waals surface area contributed by atoms with Gasteiger partial charge >= 0.3 is 0 Å². The van der Waals surface area contributed by atoms with Gasteiger partial charge in [-0.05, 0) is 50.3 Å². The summed E-state index contributed by atoms with van der Waals surface area (Å²) in [5.74, 6) is -2.43. The molecule has 420 valence electrons. The van der Waals surface area contributed by atoms with E-state index >= 15 is 0 Å². The van der Waals surface area contributed by atoms with E-state index in [0.29, 0.717) is 12.4 Å². The molecule has 25 nitrogen and oxygen atoms in total. The molecule has 1 aromatic carbocycles. The van der Waals surface area contributed by atoms with Crippen LogP contribution in [0.15, 0.2) is 36.4 Å². The van der Waals surface area contributed by atoms with Gasteiger partial charge in [0.05, 0.1) is 32.5 Å². The molecule has 9 unspecified atom stereocenters. The standard InChI is InChI=1S/C49H78N4O21/c1-6-8-9-10-11-12-13-14-15-19-67-28-18-16-17-27(20-28)45(65)53-34-38(61)37(60)30(21-54)69-47(34)73-43-31(22-55)71-49(36(41(43)64)52-26(5)59)74-44-32(23-56)70-48(35(40(44)63)51-25(4)58)72-42-29(7-2)68-46(66)33(39(42)62)50-24(3)57/h12-13,16-18,20,29-44,46-49,54-56,60-64,66H,6-11,14-15,19,21-23H2,1-5H3,(H,50,57)(H,51,58)(H,52,59)(H,53,65)/b13-12-/t29-,30?,31-,32?,33?,34?,35?,36?,37+,38+,39?,40+,41?,42+,43+,44+,46?,47-,48-,49-/m0/s1. The topological polar surface area (TPSA) is 372 Å². The fourth-order valence-electron chi connectivity index (χ4n) is 9.40. The van der Waals surface area contributed by atoms with Gasteiger partial charge < -0.3 is 105 Å².